The van der Waals surface area contributed by atoms with Crippen LogP contribution in [-0.2, 0) is 25.9 Å². The van der Waals surface area contributed by atoms with Crippen LogP contribution in [0.5, 0.6) is 0 Å². The zero-order valence-electron chi connectivity index (χ0n) is 17.2. The van der Waals surface area contributed by atoms with Crippen LogP contribution < -0.4 is 11.2 Å². The van der Waals surface area contributed by atoms with E-state index >= 15 is 0 Å². The Hall–Kier alpha value is -2.58. The van der Waals surface area contributed by atoms with Crippen molar-refractivity contribution in [2.24, 2.45) is 0 Å². The smallest absolute Gasteiger partial charge is 0.306 e. The molecule has 8 heteroatoms. The van der Waals surface area contributed by atoms with Gasteiger partial charge in [0.25, 0.3) is 5.56 Å². The second-order valence-electron chi connectivity index (χ2n) is 7.79. The molecule has 3 heterocycles. The number of aromatic amines is 1. The quantitative estimate of drug-likeness (QED) is 0.196. The van der Waals surface area contributed by atoms with E-state index in [-0.39, 0.29) is 11.2 Å². The number of aromatic nitrogens is 4. The highest BCUT2D eigenvalue weighted by Crippen LogP contribution is 2.34. The van der Waals surface area contributed by atoms with E-state index in [0.717, 1.165) is 57.8 Å². The lowest BCUT2D eigenvalue weighted by Crippen LogP contribution is -2.23. The van der Waals surface area contributed by atoms with Gasteiger partial charge in [-0.15, -0.1) is 17.9 Å². The molecule has 0 unspecified atom stereocenters. The second kappa shape index (κ2) is 8.51. The number of benzene rings is 1. The number of H-pyrrole nitrogens is 1. The Morgan fingerprint density at radius 3 is 2.90 bits per heavy atom. The van der Waals surface area contributed by atoms with Gasteiger partial charge in [0.05, 0.1) is 16.4 Å². The molecular formula is C23H24N4O2S2. The van der Waals surface area contributed by atoms with Gasteiger partial charge in [-0.3, -0.25) is 13.9 Å². The topological polar surface area (TPSA) is 72.7 Å². The molecule has 1 aliphatic rings. The molecule has 160 valence electrons. The molecule has 1 N–H and O–H groups in total. The average molecular weight is 453 g/mol. The van der Waals surface area contributed by atoms with Crippen LogP contribution in [-0.4, -0.2) is 24.9 Å². The number of allylic oxidation sites excluding steroid dienone is 1. The first-order chi connectivity index (χ1) is 15.2. The van der Waals surface area contributed by atoms with E-state index in [1.165, 1.54) is 16.9 Å². The predicted molar refractivity (Wildman–Crippen MR) is 129 cm³/mol. The van der Waals surface area contributed by atoms with Gasteiger partial charge in [-0.05, 0) is 49.8 Å². The van der Waals surface area contributed by atoms with Crippen LogP contribution in [0.4, 0.5) is 0 Å². The fourth-order valence-corrected chi connectivity index (χ4v) is 6.57. The predicted octanol–water partition coefficient (Wildman–Crippen LogP) is 4.35. The van der Waals surface area contributed by atoms with Crippen LogP contribution in [0.25, 0.3) is 21.3 Å². The van der Waals surface area contributed by atoms with E-state index in [4.69, 9.17) is 4.98 Å². The summed E-state index contributed by atoms with van der Waals surface area (Å²) in [5, 5.41) is 1.55. The van der Waals surface area contributed by atoms with E-state index in [2.05, 4.69) is 11.6 Å². The van der Waals surface area contributed by atoms with Crippen molar-refractivity contribution < 1.29 is 0 Å². The maximum absolute atomic E-state index is 13.3. The highest BCUT2D eigenvalue weighted by molar-refractivity contribution is 7.99. The number of hydrogen-bond donors (Lipinski definition) is 1. The van der Waals surface area contributed by atoms with Gasteiger partial charge in [0.15, 0.2) is 5.16 Å². The highest BCUT2D eigenvalue weighted by atomic mass is 32.2. The molecule has 1 aromatic carbocycles. The maximum Gasteiger partial charge on any atom is 0.326 e. The largest absolute Gasteiger partial charge is 0.326 e. The normalized spacial score (nSPS) is 13.7. The lowest BCUT2D eigenvalue weighted by atomic mass is 9.97. The molecule has 0 saturated carbocycles. The van der Waals surface area contributed by atoms with Crippen molar-refractivity contribution in [3.8, 4) is 0 Å². The fraction of sp³-hybridized carbons (Fsp3) is 0.348. The number of nitrogens with zero attached hydrogens (tertiary/aromatic N) is 3. The molecule has 0 atom stereocenters. The molecule has 6 nitrogen and oxygen atoms in total. The minimum Gasteiger partial charge on any atom is -0.306 e. The minimum atomic E-state index is -0.0847. The van der Waals surface area contributed by atoms with E-state index in [1.54, 1.807) is 38.3 Å². The van der Waals surface area contributed by atoms with Crippen LogP contribution in [0.2, 0.25) is 0 Å². The van der Waals surface area contributed by atoms with E-state index < -0.39 is 0 Å². The zero-order chi connectivity index (χ0) is 21.4. The average Bonchev–Trinajstić information content (AvgIpc) is 3.30. The Bertz CT molecular complexity index is 1390. The number of nitrogens with one attached hydrogen (secondary N) is 1. The van der Waals surface area contributed by atoms with Crippen molar-refractivity contribution in [3.05, 3.63) is 68.2 Å². The Labute approximate surface area is 187 Å². The third-order valence-corrected chi connectivity index (χ3v) is 8.04. The molecule has 0 fully saturated rings. The molecule has 0 bridgehead atoms. The maximum atomic E-state index is 13.3. The summed E-state index contributed by atoms with van der Waals surface area (Å²) in [5.41, 5.74) is 2.97. The summed E-state index contributed by atoms with van der Waals surface area (Å²) in [5.74, 6) is 0.770. The van der Waals surface area contributed by atoms with Crippen molar-refractivity contribution in [2.75, 3.05) is 5.75 Å². The Kier molecular flexibility index (Phi) is 5.58. The second-order valence-corrected chi connectivity index (χ2v) is 9.94. The summed E-state index contributed by atoms with van der Waals surface area (Å²) in [6.07, 6.45) is 6.92. The molecule has 5 rings (SSSR count). The first kappa shape index (κ1) is 20.3. The zero-order valence-corrected chi connectivity index (χ0v) is 18.9. The Balaban J connectivity index is 1.39. The third kappa shape index (κ3) is 3.68. The van der Waals surface area contributed by atoms with Gasteiger partial charge in [-0.25, -0.2) is 9.78 Å². The number of para-hydroxylation sites is 2. The number of imidazole rings is 1. The fourth-order valence-electron chi connectivity index (χ4n) is 4.34. The van der Waals surface area contributed by atoms with Crippen molar-refractivity contribution in [1.82, 2.24) is 19.1 Å². The molecule has 4 aromatic rings. The van der Waals surface area contributed by atoms with Crippen molar-refractivity contribution >= 4 is 44.3 Å². The summed E-state index contributed by atoms with van der Waals surface area (Å²) in [4.78, 5) is 35.5. The van der Waals surface area contributed by atoms with Gasteiger partial charge in [0, 0.05) is 23.7 Å². The number of rotatable bonds is 7. The number of aryl methyl sites for hydroxylation is 3. The van der Waals surface area contributed by atoms with E-state index in [1.807, 2.05) is 24.3 Å². The standard InChI is InChI=1S/C23H24N4O2S2/c1-2-12-27-21(28)19-15-8-3-6-11-18(15)31-20(19)25-23(27)30-14-7-13-26-17-10-5-4-9-16(17)24-22(26)29/h2,4-5,9-10H,1,3,6-8,11-14H2,(H,24,29). The molecule has 0 saturated heterocycles. The van der Waals surface area contributed by atoms with Crippen LogP contribution in [0, 0.1) is 0 Å². The van der Waals surface area contributed by atoms with Gasteiger partial charge < -0.3 is 4.98 Å². The molecule has 0 aliphatic heterocycles. The number of thiophene rings is 1. The molecule has 0 spiro atoms. The molecule has 1 aliphatic carbocycles. The lowest BCUT2D eigenvalue weighted by Gasteiger charge is -2.12. The van der Waals surface area contributed by atoms with Crippen LogP contribution in [0.3, 0.4) is 0 Å². The first-order valence-electron chi connectivity index (χ1n) is 10.6. The SMILES string of the molecule is C=CCn1c(SCCCn2c(=O)[nH]c3ccccc32)nc2sc3c(c2c1=O)CCCC3. The molecule has 0 radical (unpaired) electrons. The summed E-state index contributed by atoms with van der Waals surface area (Å²) in [6.45, 7) is 4.90. The molecule has 3 aromatic heterocycles. The number of hydrogen-bond acceptors (Lipinski definition) is 5. The summed E-state index contributed by atoms with van der Waals surface area (Å²) >= 11 is 3.26. The molecule has 0 amide bonds. The van der Waals surface area contributed by atoms with Gasteiger partial charge in [-0.1, -0.05) is 30.0 Å². The van der Waals surface area contributed by atoms with Crippen LogP contribution in [0.15, 0.2) is 51.7 Å². The van der Waals surface area contributed by atoms with Gasteiger partial charge in [-0.2, -0.15) is 0 Å². The number of fused-ring (bicyclic) bond motifs is 4. The summed E-state index contributed by atoms with van der Waals surface area (Å²) < 4.78 is 3.52. The van der Waals surface area contributed by atoms with Crippen molar-refractivity contribution in [3.63, 3.8) is 0 Å². The van der Waals surface area contributed by atoms with Gasteiger partial charge in [0.2, 0.25) is 0 Å². The summed E-state index contributed by atoms with van der Waals surface area (Å²) in [6, 6.07) is 7.72. The van der Waals surface area contributed by atoms with Crippen molar-refractivity contribution in [1.29, 1.82) is 0 Å². The van der Waals surface area contributed by atoms with E-state index in [9.17, 15) is 9.59 Å². The van der Waals surface area contributed by atoms with Gasteiger partial charge in [0.1, 0.15) is 4.83 Å². The molecule has 31 heavy (non-hydrogen) atoms. The van der Waals surface area contributed by atoms with Gasteiger partial charge >= 0.3 is 5.69 Å². The van der Waals surface area contributed by atoms with Crippen LogP contribution in [0.1, 0.15) is 29.7 Å². The third-order valence-electron chi connectivity index (χ3n) is 5.79. The first-order valence-corrected chi connectivity index (χ1v) is 12.4. The highest BCUT2D eigenvalue weighted by Gasteiger charge is 2.22. The summed E-state index contributed by atoms with van der Waals surface area (Å²) in [7, 11) is 0. The monoisotopic (exact) mass is 452 g/mol. The minimum absolute atomic E-state index is 0.0552. The Morgan fingerprint density at radius 2 is 2.03 bits per heavy atom. The molecular weight excluding hydrogens is 428 g/mol. The van der Waals surface area contributed by atoms with Crippen molar-refractivity contribution in [2.45, 2.75) is 50.4 Å². The van der Waals surface area contributed by atoms with Crippen LogP contribution >= 0.6 is 23.1 Å². The van der Waals surface area contributed by atoms with E-state index in [0.29, 0.717) is 13.1 Å². The lowest BCUT2D eigenvalue weighted by molar-refractivity contribution is 0.661. The number of thioether (sulfide) groups is 1. The Morgan fingerprint density at radius 1 is 1.19 bits per heavy atom.